The fourth-order valence-corrected chi connectivity index (χ4v) is 3.39. The van der Waals surface area contributed by atoms with Crippen LogP contribution in [0.3, 0.4) is 0 Å². The Labute approximate surface area is 173 Å². The summed E-state index contributed by atoms with van der Waals surface area (Å²) in [6, 6.07) is 8.97. The first-order chi connectivity index (χ1) is 14.4. The van der Waals surface area contributed by atoms with Crippen molar-refractivity contribution in [3.63, 3.8) is 0 Å². The van der Waals surface area contributed by atoms with Crippen molar-refractivity contribution in [3.05, 3.63) is 65.0 Å². The van der Waals surface area contributed by atoms with Gasteiger partial charge in [0.25, 0.3) is 5.91 Å². The number of benzene rings is 2. The Bertz CT molecular complexity index is 919. The van der Waals surface area contributed by atoms with E-state index in [4.69, 9.17) is 4.74 Å². The van der Waals surface area contributed by atoms with Gasteiger partial charge in [-0.2, -0.15) is 0 Å². The van der Waals surface area contributed by atoms with Gasteiger partial charge in [0.15, 0.2) is 17.5 Å². The van der Waals surface area contributed by atoms with Gasteiger partial charge in [-0.1, -0.05) is 12.1 Å². The van der Waals surface area contributed by atoms with E-state index in [0.717, 1.165) is 23.4 Å². The molecule has 1 fully saturated rings. The van der Waals surface area contributed by atoms with Crippen molar-refractivity contribution in [1.82, 2.24) is 9.80 Å². The lowest BCUT2D eigenvalue weighted by atomic mass is 10.1. The minimum absolute atomic E-state index is 0.0764. The maximum absolute atomic E-state index is 14.0. The SMILES string of the molecule is CCOc1ccc(CC(=O)N2CCCN(C(=O)c3ccc(F)c(F)c3F)CC2)cc1. The molecule has 1 aliphatic heterocycles. The number of carbonyl (C=O) groups is 2. The summed E-state index contributed by atoms with van der Waals surface area (Å²) in [7, 11) is 0. The molecule has 0 spiro atoms. The quantitative estimate of drug-likeness (QED) is 0.697. The zero-order valence-corrected chi connectivity index (χ0v) is 16.7. The normalized spacial score (nSPS) is 14.4. The minimum Gasteiger partial charge on any atom is -0.494 e. The van der Waals surface area contributed by atoms with Crippen LogP contribution in [0.2, 0.25) is 0 Å². The number of ether oxygens (including phenoxy) is 1. The molecule has 2 aromatic rings. The molecule has 1 aliphatic rings. The monoisotopic (exact) mass is 420 g/mol. The zero-order chi connectivity index (χ0) is 21.7. The van der Waals surface area contributed by atoms with Gasteiger partial charge in [-0.3, -0.25) is 9.59 Å². The van der Waals surface area contributed by atoms with E-state index in [1.807, 2.05) is 31.2 Å². The van der Waals surface area contributed by atoms with Crippen molar-refractivity contribution in [3.8, 4) is 5.75 Å². The summed E-state index contributed by atoms with van der Waals surface area (Å²) in [6.07, 6.45) is 0.726. The maximum atomic E-state index is 14.0. The summed E-state index contributed by atoms with van der Waals surface area (Å²) in [6.45, 7) is 3.69. The van der Waals surface area contributed by atoms with E-state index in [-0.39, 0.29) is 25.4 Å². The van der Waals surface area contributed by atoms with Crippen LogP contribution in [0.1, 0.15) is 29.3 Å². The molecule has 0 aromatic heterocycles. The van der Waals surface area contributed by atoms with Crippen LogP contribution in [0, 0.1) is 17.5 Å². The van der Waals surface area contributed by atoms with Gasteiger partial charge in [-0.25, -0.2) is 13.2 Å². The molecule has 160 valence electrons. The second-order valence-electron chi connectivity index (χ2n) is 7.00. The molecule has 0 N–H and O–H groups in total. The molecule has 0 unspecified atom stereocenters. The van der Waals surface area contributed by atoms with E-state index < -0.39 is 28.9 Å². The van der Waals surface area contributed by atoms with Crippen molar-refractivity contribution in [2.45, 2.75) is 19.8 Å². The van der Waals surface area contributed by atoms with E-state index in [2.05, 4.69) is 0 Å². The highest BCUT2D eigenvalue weighted by atomic mass is 19.2. The van der Waals surface area contributed by atoms with Gasteiger partial charge in [-0.15, -0.1) is 0 Å². The third-order valence-corrected chi connectivity index (χ3v) is 4.99. The molecular formula is C22H23F3N2O3. The summed E-state index contributed by atoms with van der Waals surface area (Å²) in [4.78, 5) is 28.2. The third-order valence-electron chi connectivity index (χ3n) is 4.99. The number of hydrogen-bond acceptors (Lipinski definition) is 3. The predicted octanol–water partition coefficient (Wildman–Crippen LogP) is 3.42. The van der Waals surface area contributed by atoms with Gasteiger partial charge in [0.05, 0.1) is 18.6 Å². The Morgan fingerprint density at radius 2 is 1.57 bits per heavy atom. The Morgan fingerprint density at radius 3 is 2.27 bits per heavy atom. The Hall–Kier alpha value is -3.03. The van der Waals surface area contributed by atoms with Gasteiger partial charge in [0.2, 0.25) is 5.91 Å². The molecule has 2 amide bonds. The lowest BCUT2D eigenvalue weighted by Crippen LogP contribution is -2.38. The van der Waals surface area contributed by atoms with Crippen molar-refractivity contribution in [1.29, 1.82) is 0 Å². The number of carbonyl (C=O) groups excluding carboxylic acids is 2. The molecule has 5 nitrogen and oxygen atoms in total. The summed E-state index contributed by atoms with van der Waals surface area (Å²) < 4.78 is 45.9. The molecular weight excluding hydrogens is 397 g/mol. The first kappa shape index (κ1) is 21.7. The van der Waals surface area contributed by atoms with Crippen molar-refractivity contribution in [2.24, 2.45) is 0 Å². The average molecular weight is 420 g/mol. The number of amides is 2. The van der Waals surface area contributed by atoms with Crippen molar-refractivity contribution < 1.29 is 27.5 Å². The lowest BCUT2D eigenvalue weighted by Gasteiger charge is -2.22. The van der Waals surface area contributed by atoms with Crippen LogP contribution < -0.4 is 4.74 Å². The molecule has 0 aliphatic carbocycles. The van der Waals surface area contributed by atoms with E-state index >= 15 is 0 Å². The summed E-state index contributed by atoms with van der Waals surface area (Å²) in [5, 5.41) is 0. The highest BCUT2D eigenvalue weighted by Gasteiger charge is 2.26. The zero-order valence-electron chi connectivity index (χ0n) is 16.7. The molecule has 8 heteroatoms. The molecule has 0 saturated carbocycles. The fourth-order valence-electron chi connectivity index (χ4n) is 3.39. The van der Waals surface area contributed by atoms with Gasteiger partial charge in [0, 0.05) is 26.2 Å². The number of nitrogens with zero attached hydrogens (tertiary/aromatic N) is 2. The topological polar surface area (TPSA) is 49.9 Å². The van der Waals surface area contributed by atoms with Gasteiger partial charge in [0.1, 0.15) is 5.75 Å². The molecule has 30 heavy (non-hydrogen) atoms. The number of hydrogen-bond donors (Lipinski definition) is 0. The van der Waals surface area contributed by atoms with E-state index in [1.54, 1.807) is 4.90 Å². The lowest BCUT2D eigenvalue weighted by molar-refractivity contribution is -0.130. The Balaban J connectivity index is 1.61. The van der Waals surface area contributed by atoms with Crippen LogP contribution >= 0.6 is 0 Å². The Morgan fingerprint density at radius 1 is 0.900 bits per heavy atom. The van der Waals surface area contributed by atoms with Gasteiger partial charge in [-0.05, 0) is 43.2 Å². The van der Waals surface area contributed by atoms with Crippen LogP contribution in [0.5, 0.6) is 5.75 Å². The average Bonchev–Trinajstić information content (AvgIpc) is 3.00. The van der Waals surface area contributed by atoms with E-state index in [1.165, 1.54) is 4.90 Å². The number of rotatable bonds is 5. The third kappa shape index (κ3) is 4.93. The molecule has 1 heterocycles. The molecule has 2 aromatic carbocycles. The molecule has 0 radical (unpaired) electrons. The van der Waals surface area contributed by atoms with Crippen molar-refractivity contribution >= 4 is 11.8 Å². The first-order valence-electron chi connectivity index (χ1n) is 9.83. The molecule has 0 bridgehead atoms. The number of halogens is 3. The Kier molecular flexibility index (Phi) is 6.97. The molecule has 0 atom stereocenters. The van der Waals surface area contributed by atoms with Gasteiger partial charge >= 0.3 is 0 Å². The standard InChI is InChI=1S/C22H23F3N2O3/c1-2-30-16-6-4-15(5-7-16)14-19(28)26-10-3-11-27(13-12-26)22(29)17-8-9-18(23)21(25)20(17)24/h4-9H,2-3,10-14H2,1H3. The summed E-state index contributed by atoms with van der Waals surface area (Å²) in [5.41, 5.74) is 0.340. The smallest absolute Gasteiger partial charge is 0.257 e. The van der Waals surface area contributed by atoms with Crippen LogP contribution in [0.4, 0.5) is 13.2 Å². The predicted molar refractivity (Wildman–Crippen MR) is 105 cm³/mol. The first-order valence-corrected chi connectivity index (χ1v) is 9.83. The van der Waals surface area contributed by atoms with Crippen LogP contribution in [0.15, 0.2) is 36.4 Å². The second-order valence-corrected chi connectivity index (χ2v) is 7.00. The highest BCUT2D eigenvalue weighted by molar-refractivity contribution is 5.94. The van der Waals surface area contributed by atoms with E-state index in [9.17, 15) is 22.8 Å². The van der Waals surface area contributed by atoms with Crippen LogP contribution in [-0.2, 0) is 11.2 Å². The van der Waals surface area contributed by atoms with Crippen LogP contribution in [0.25, 0.3) is 0 Å². The van der Waals surface area contributed by atoms with Crippen LogP contribution in [-0.4, -0.2) is 54.4 Å². The summed E-state index contributed by atoms with van der Waals surface area (Å²) >= 11 is 0. The highest BCUT2D eigenvalue weighted by Crippen LogP contribution is 2.18. The molecule has 1 saturated heterocycles. The maximum Gasteiger partial charge on any atom is 0.257 e. The minimum atomic E-state index is -1.66. The summed E-state index contributed by atoms with van der Waals surface area (Å²) in [5.74, 6) is -4.55. The largest absolute Gasteiger partial charge is 0.494 e. The second kappa shape index (κ2) is 9.65. The van der Waals surface area contributed by atoms with Crippen molar-refractivity contribution in [2.75, 3.05) is 32.8 Å². The fraction of sp³-hybridized carbons (Fsp3) is 0.364. The van der Waals surface area contributed by atoms with Gasteiger partial charge < -0.3 is 14.5 Å². The molecule has 3 rings (SSSR count). The van der Waals surface area contributed by atoms with E-state index in [0.29, 0.717) is 26.1 Å².